The van der Waals surface area contributed by atoms with E-state index in [2.05, 4.69) is 23.4 Å². The van der Waals surface area contributed by atoms with Crippen LogP contribution < -0.4 is 0 Å². The third-order valence-corrected chi connectivity index (χ3v) is 5.00. The summed E-state index contributed by atoms with van der Waals surface area (Å²) >= 11 is 0. The Hall–Kier alpha value is -1.32. The smallest absolute Gasteiger partial charge is 0.307 e. The molecule has 1 aromatic rings. The molecule has 0 saturated carbocycles. The summed E-state index contributed by atoms with van der Waals surface area (Å²) in [6.07, 6.45) is 22.0. The number of carbonyl (C=O) groups excluding carboxylic acids is 1. The maximum absolute atomic E-state index is 12.2. The number of rotatable bonds is 17. The molecule has 4 heteroatoms. The van der Waals surface area contributed by atoms with Gasteiger partial charge >= 0.3 is 5.97 Å². The number of unbranched alkanes of at least 4 members (excludes halogenated alkanes) is 10. The van der Waals surface area contributed by atoms with Crippen molar-refractivity contribution < 1.29 is 9.53 Å². The molecule has 150 valence electrons. The van der Waals surface area contributed by atoms with E-state index in [1.807, 2.05) is 12.5 Å². The van der Waals surface area contributed by atoms with Gasteiger partial charge in [0.25, 0.3) is 0 Å². The summed E-state index contributed by atoms with van der Waals surface area (Å²) < 4.78 is 7.53. The minimum absolute atomic E-state index is 0.0664. The fourth-order valence-corrected chi connectivity index (χ4v) is 3.32. The van der Waals surface area contributed by atoms with E-state index < -0.39 is 0 Å². The molecule has 0 spiro atoms. The molecule has 0 saturated heterocycles. The van der Waals surface area contributed by atoms with Crippen molar-refractivity contribution in [1.29, 1.82) is 0 Å². The minimum atomic E-state index is -0.0664. The molecule has 1 unspecified atom stereocenters. The molecule has 0 aliphatic carbocycles. The Bertz CT molecular complexity index is 431. The highest BCUT2D eigenvalue weighted by atomic mass is 16.5. The fourth-order valence-electron chi connectivity index (χ4n) is 3.32. The van der Waals surface area contributed by atoms with Crippen molar-refractivity contribution in [2.24, 2.45) is 0 Å². The molecule has 0 fully saturated rings. The second-order valence-electron chi connectivity index (χ2n) is 7.41. The van der Waals surface area contributed by atoms with Crippen LogP contribution in [0.3, 0.4) is 0 Å². The summed E-state index contributed by atoms with van der Waals surface area (Å²) in [5.74, 6) is -0.0664. The summed E-state index contributed by atoms with van der Waals surface area (Å²) in [7, 11) is 0. The van der Waals surface area contributed by atoms with E-state index >= 15 is 0 Å². The van der Waals surface area contributed by atoms with Crippen molar-refractivity contribution in [3.63, 3.8) is 0 Å². The Morgan fingerprint density at radius 1 is 0.923 bits per heavy atom. The number of imidazole rings is 1. The summed E-state index contributed by atoms with van der Waals surface area (Å²) in [6.45, 7) is 5.04. The maximum atomic E-state index is 12.2. The second kappa shape index (κ2) is 15.9. The zero-order valence-electron chi connectivity index (χ0n) is 17.1. The van der Waals surface area contributed by atoms with Gasteiger partial charge in [0.2, 0.25) is 0 Å². The zero-order valence-corrected chi connectivity index (χ0v) is 17.1. The normalized spacial score (nSPS) is 12.2. The van der Waals surface area contributed by atoms with Gasteiger partial charge < -0.3 is 9.30 Å². The predicted molar refractivity (Wildman–Crippen MR) is 108 cm³/mol. The quantitative estimate of drug-likeness (QED) is 0.235. The van der Waals surface area contributed by atoms with Crippen LogP contribution in [0.5, 0.6) is 0 Å². The van der Waals surface area contributed by atoms with Gasteiger partial charge in [0.1, 0.15) is 0 Å². The van der Waals surface area contributed by atoms with Crippen molar-refractivity contribution >= 4 is 5.97 Å². The van der Waals surface area contributed by atoms with Gasteiger partial charge in [-0.05, 0) is 12.8 Å². The lowest BCUT2D eigenvalue weighted by Gasteiger charge is -2.18. The predicted octanol–water partition coefficient (Wildman–Crippen LogP) is 6.47. The van der Waals surface area contributed by atoms with E-state index in [-0.39, 0.29) is 12.0 Å². The van der Waals surface area contributed by atoms with Crippen LogP contribution in [-0.2, 0) is 9.53 Å². The van der Waals surface area contributed by atoms with Crippen LogP contribution in [0, 0.1) is 0 Å². The molecule has 1 atom stereocenters. The van der Waals surface area contributed by atoms with Crippen molar-refractivity contribution in [1.82, 2.24) is 9.55 Å². The molecule has 0 aliphatic heterocycles. The number of hydrogen-bond donors (Lipinski definition) is 0. The molecule has 26 heavy (non-hydrogen) atoms. The van der Waals surface area contributed by atoms with E-state index in [4.69, 9.17) is 4.74 Å². The number of aromatic nitrogens is 2. The molecule has 0 amide bonds. The van der Waals surface area contributed by atoms with E-state index in [0.29, 0.717) is 13.0 Å². The highest BCUT2D eigenvalue weighted by Gasteiger charge is 2.16. The topological polar surface area (TPSA) is 44.1 Å². The summed E-state index contributed by atoms with van der Waals surface area (Å²) in [5, 5.41) is 0. The lowest BCUT2D eigenvalue weighted by atomic mass is 10.0. The average molecular weight is 365 g/mol. The molecule has 0 N–H and O–H groups in total. The third-order valence-electron chi connectivity index (χ3n) is 5.00. The van der Waals surface area contributed by atoms with Crippen LogP contribution >= 0.6 is 0 Å². The van der Waals surface area contributed by atoms with Crippen molar-refractivity contribution in [3.05, 3.63) is 18.7 Å². The van der Waals surface area contributed by atoms with Crippen LogP contribution in [0.4, 0.5) is 0 Å². The van der Waals surface area contributed by atoms with Crippen LogP contribution in [-0.4, -0.2) is 22.1 Å². The Morgan fingerprint density at radius 2 is 1.54 bits per heavy atom. The standard InChI is InChI=1S/C22H40N2O2/c1-3-5-7-9-11-13-15-21(24-17-16-23-20-24)19-22(25)26-18-14-12-10-8-6-4-2/h16-17,20-21H,3-15,18-19H2,1-2H3. The second-order valence-corrected chi connectivity index (χ2v) is 7.41. The maximum Gasteiger partial charge on any atom is 0.307 e. The van der Waals surface area contributed by atoms with Gasteiger partial charge in [0.05, 0.1) is 19.4 Å². The Balaban J connectivity index is 2.22. The molecule has 1 rings (SSSR count). The molecular formula is C22H40N2O2. The Kier molecular flexibility index (Phi) is 13.9. The first kappa shape index (κ1) is 22.7. The highest BCUT2D eigenvalue weighted by molar-refractivity contribution is 5.69. The van der Waals surface area contributed by atoms with Gasteiger partial charge in [-0.15, -0.1) is 0 Å². The fraction of sp³-hybridized carbons (Fsp3) is 0.818. The summed E-state index contributed by atoms with van der Waals surface area (Å²) in [4.78, 5) is 16.3. The van der Waals surface area contributed by atoms with Gasteiger partial charge in [-0.25, -0.2) is 4.98 Å². The number of ether oxygens (including phenoxy) is 1. The first-order chi connectivity index (χ1) is 12.8. The lowest BCUT2D eigenvalue weighted by Crippen LogP contribution is -2.15. The van der Waals surface area contributed by atoms with E-state index in [1.54, 1.807) is 6.20 Å². The first-order valence-electron chi connectivity index (χ1n) is 10.9. The number of hydrogen-bond acceptors (Lipinski definition) is 3. The highest BCUT2D eigenvalue weighted by Crippen LogP contribution is 2.21. The van der Waals surface area contributed by atoms with Crippen molar-refractivity contribution in [3.8, 4) is 0 Å². The van der Waals surface area contributed by atoms with E-state index in [1.165, 1.54) is 57.8 Å². The van der Waals surface area contributed by atoms with Crippen molar-refractivity contribution in [2.75, 3.05) is 6.61 Å². The molecular weight excluding hydrogens is 324 g/mol. The average Bonchev–Trinajstić information content (AvgIpc) is 3.17. The van der Waals surface area contributed by atoms with Crippen LogP contribution in [0.2, 0.25) is 0 Å². The van der Waals surface area contributed by atoms with Crippen molar-refractivity contribution in [2.45, 2.75) is 110 Å². The van der Waals surface area contributed by atoms with Gasteiger partial charge in [-0.3, -0.25) is 4.79 Å². The molecule has 0 aliphatic rings. The number of nitrogens with zero attached hydrogens (tertiary/aromatic N) is 2. The molecule has 0 aromatic carbocycles. The molecule has 0 radical (unpaired) electrons. The van der Waals surface area contributed by atoms with Gasteiger partial charge in [0.15, 0.2) is 0 Å². The third kappa shape index (κ3) is 11.3. The van der Waals surface area contributed by atoms with Gasteiger partial charge in [0, 0.05) is 18.4 Å². The molecule has 4 nitrogen and oxygen atoms in total. The SMILES string of the molecule is CCCCCCCCOC(=O)CC(CCCCCCCC)n1ccnc1. The summed E-state index contributed by atoms with van der Waals surface area (Å²) in [6, 6.07) is 0.181. The first-order valence-corrected chi connectivity index (χ1v) is 10.9. The lowest BCUT2D eigenvalue weighted by molar-refractivity contribution is -0.144. The van der Waals surface area contributed by atoms with Crippen LogP contribution in [0.25, 0.3) is 0 Å². The molecule has 1 heterocycles. The molecule has 0 bridgehead atoms. The van der Waals surface area contributed by atoms with Crippen LogP contribution in [0.1, 0.15) is 110 Å². The minimum Gasteiger partial charge on any atom is -0.466 e. The van der Waals surface area contributed by atoms with Gasteiger partial charge in [-0.1, -0.05) is 84.5 Å². The van der Waals surface area contributed by atoms with E-state index in [9.17, 15) is 4.79 Å². The number of esters is 1. The van der Waals surface area contributed by atoms with E-state index in [0.717, 1.165) is 25.7 Å². The monoisotopic (exact) mass is 364 g/mol. The zero-order chi connectivity index (χ0) is 18.9. The number of carbonyl (C=O) groups is 1. The van der Waals surface area contributed by atoms with Crippen LogP contribution in [0.15, 0.2) is 18.7 Å². The van der Waals surface area contributed by atoms with Gasteiger partial charge in [-0.2, -0.15) is 0 Å². The molecule has 1 aromatic heterocycles. The summed E-state index contributed by atoms with van der Waals surface area (Å²) in [5.41, 5.74) is 0. The Labute approximate surface area is 160 Å². The Morgan fingerprint density at radius 3 is 2.15 bits per heavy atom. The largest absolute Gasteiger partial charge is 0.466 e.